The maximum absolute atomic E-state index is 12.7. The second-order valence-corrected chi connectivity index (χ2v) is 2.66. The van der Waals surface area contributed by atoms with Gasteiger partial charge in [0.05, 0.1) is 0 Å². The van der Waals surface area contributed by atoms with E-state index in [0.717, 1.165) is 6.42 Å². The SMILES string of the molecule is CCC1Oc2ccc(F)cc2O1. The van der Waals surface area contributed by atoms with E-state index in [0.29, 0.717) is 11.5 Å². The first-order valence-electron chi connectivity index (χ1n) is 3.92. The van der Waals surface area contributed by atoms with Gasteiger partial charge in [0.1, 0.15) is 5.82 Å². The summed E-state index contributed by atoms with van der Waals surface area (Å²) in [5.74, 6) is 0.833. The van der Waals surface area contributed by atoms with Gasteiger partial charge in [-0.25, -0.2) is 4.39 Å². The van der Waals surface area contributed by atoms with E-state index < -0.39 is 0 Å². The van der Waals surface area contributed by atoms with Crippen LogP contribution < -0.4 is 9.47 Å². The first kappa shape index (κ1) is 7.40. The highest BCUT2D eigenvalue weighted by Gasteiger charge is 2.22. The fourth-order valence-electron chi connectivity index (χ4n) is 1.15. The predicted molar refractivity (Wildman–Crippen MR) is 41.7 cm³/mol. The standard InChI is InChI=1S/C9H9FO2/c1-2-9-11-7-4-3-6(10)5-8(7)12-9/h3-5,9H,2H2,1H3. The van der Waals surface area contributed by atoms with Crippen molar-refractivity contribution in [1.82, 2.24) is 0 Å². The van der Waals surface area contributed by atoms with E-state index in [4.69, 9.17) is 9.47 Å². The summed E-state index contributed by atoms with van der Waals surface area (Å²) in [5, 5.41) is 0. The van der Waals surface area contributed by atoms with Gasteiger partial charge in [0.2, 0.25) is 6.29 Å². The second kappa shape index (κ2) is 2.66. The van der Waals surface area contributed by atoms with Crippen molar-refractivity contribution in [2.24, 2.45) is 0 Å². The molecule has 12 heavy (non-hydrogen) atoms. The Morgan fingerprint density at radius 2 is 2.08 bits per heavy atom. The van der Waals surface area contributed by atoms with E-state index in [1.54, 1.807) is 6.07 Å². The van der Waals surface area contributed by atoms with E-state index in [-0.39, 0.29) is 12.1 Å². The Labute approximate surface area is 69.9 Å². The van der Waals surface area contributed by atoms with Crippen LogP contribution in [0.25, 0.3) is 0 Å². The lowest BCUT2D eigenvalue weighted by atomic mass is 10.3. The first-order chi connectivity index (χ1) is 5.79. The Balaban J connectivity index is 2.30. The molecule has 3 heteroatoms. The van der Waals surface area contributed by atoms with Crippen LogP contribution in [0.4, 0.5) is 4.39 Å². The van der Waals surface area contributed by atoms with E-state index in [1.807, 2.05) is 6.92 Å². The Bertz CT molecular complexity index is 299. The molecule has 0 saturated heterocycles. The van der Waals surface area contributed by atoms with E-state index >= 15 is 0 Å². The molecule has 0 bridgehead atoms. The number of hydrogen-bond donors (Lipinski definition) is 0. The highest BCUT2D eigenvalue weighted by Crippen LogP contribution is 2.35. The molecule has 64 valence electrons. The summed E-state index contributed by atoms with van der Waals surface area (Å²) in [6, 6.07) is 4.28. The minimum Gasteiger partial charge on any atom is -0.451 e. The molecule has 0 aromatic heterocycles. The molecule has 1 heterocycles. The summed E-state index contributed by atoms with van der Waals surface area (Å²) in [5.41, 5.74) is 0. The van der Waals surface area contributed by atoms with Crippen LogP contribution in [-0.4, -0.2) is 6.29 Å². The Morgan fingerprint density at radius 3 is 2.83 bits per heavy atom. The monoisotopic (exact) mass is 168 g/mol. The molecular formula is C9H9FO2. The minimum atomic E-state index is -0.297. The van der Waals surface area contributed by atoms with Crippen molar-refractivity contribution >= 4 is 0 Å². The Morgan fingerprint density at radius 1 is 1.33 bits per heavy atom. The zero-order valence-electron chi connectivity index (χ0n) is 6.71. The van der Waals surface area contributed by atoms with Gasteiger partial charge < -0.3 is 9.47 Å². The third-order valence-corrected chi connectivity index (χ3v) is 1.76. The molecule has 1 unspecified atom stereocenters. The van der Waals surface area contributed by atoms with Gasteiger partial charge in [-0.1, -0.05) is 6.92 Å². The zero-order valence-corrected chi connectivity index (χ0v) is 6.71. The molecule has 1 aliphatic rings. The second-order valence-electron chi connectivity index (χ2n) is 2.66. The molecule has 1 atom stereocenters. The molecule has 0 spiro atoms. The van der Waals surface area contributed by atoms with Crippen LogP contribution in [0, 0.1) is 5.82 Å². The smallest absolute Gasteiger partial charge is 0.241 e. The molecule has 0 N–H and O–H groups in total. The van der Waals surface area contributed by atoms with Crippen molar-refractivity contribution in [3.05, 3.63) is 24.0 Å². The molecule has 0 aliphatic carbocycles. The highest BCUT2D eigenvalue weighted by atomic mass is 19.1. The van der Waals surface area contributed by atoms with Gasteiger partial charge in [-0.15, -0.1) is 0 Å². The van der Waals surface area contributed by atoms with Gasteiger partial charge in [0, 0.05) is 12.5 Å². The molecule has 0 fully saturated rings. The zero-order chi connectivity index (χ0) is 8.55. The Hall–Kier alpha value is -1.25. The van der Waals surface area contributed by atoms with Crippen LogP contribution in [0.5, 0.6) is 11.5 Å². The number of ether oxygens (including phenoxy) is 2. The van der Waals surface area contributed by atoms with E-state index in [9.17, 15) is 4.39 Å². The molecule has 1 aromatic rings. The summed E-state index contributed by atoms with van der Waals surface area (Å²) in [6.07, 6.45) is 0.512. The molecule has 0 amide bonds. The lowest BCUT2D eigenvalue weighted by molar-refractivity contribution is 0.0464. The van der Waals surface area contributed by atoms with Crippen LogP contribution in [0.2, 0.25) is 0 Å². The molecule has 2 nitrogen and oxygen atoms in total. The lowest BCUT2D eigenvalue weighted by Crippen LogP contribution is -2.15. The average Bonchev–Trinajstić information content (AvgIpc) is 2.46. The third-order valence-electron chi connectivity index (χ3n) is 1.76. The fraction of sp³-hybridized carbons (Fsp3) is 0.333. The fourth-order valence-corrected chi connectivity index (χ4v) is 1.15. The minimum absolute atomic E-state index is 0.248. The van der Waals surface area contributed by atoms with Gasteiger partial charge in [0.25, 0.3) is 0 Å². The third kappa shape index (κ3) is 1.11. The number of halogens is 1. The topological polar surface area (TPSA) is 18.5 Å². The predicted octanol–water partition coefficient (Wildman–Crippen LogP) is 2.33. The van der Waals surface area contributed by atoms with Crippen LogP contribution in [0.1, 0.15) is 13.3 Å². The van der Waals surface area contributed by atoms with Crippen molar-refractivity contribution in [2.75, 3.05) is 0 Å². The molecule has 1 aliphatic heterocycles. The number of rotatable bonds is 1. The molecule has 0 saturated carbocycles. The summed E-state index contributed by atoms with van der Waals surface area (Å²) in [7, 11) is 0. The first-order valence-corrected chi connectivity index (χ1v) is 3.92. The van der Waals surface area contributed by atoms with Crippen molar-refractivity contribution in [3.63, 3.8) is 0 Å². The van der Waals surface area contributed by atoms with Crippen molar-refractivity contribution in [2.45, 2.75) is 19.6 Å². The van der Waals surface area contributed by atoms with Crippen molar-refractivity contribution in [1.29, 1.82) is 0 Å². The van der Waals surface area contributed by atoms with Crippen LogP contribution in [0.3, 0.4) is 0 Å². The van der Waals surface area contributed by atoms with Crippen molar-refractivity contribution in [3.8, 4) is 11.5 Å². The quantitative estimate of drug-likeness (QED) is 0.640. The number of hydrogen-bond acceptors (Lipinski definition) is 2. The van der Waals surface area contributed by atoms with Gasteiger partial charge in [-0.05, 0) is 12.1 Å². The molecule has 0 radical (unpaired) electrons. The van der Waals surface area contributed by atoms with Crippen LogP contribution in [-0.2, 0) is 0 Å². The normalized spacial score (nSPS) is 19.7. The van der Waals surface area contributed by atoms with Gasteiger partial charge in [-0.2, -0.15) is 0 Å². The highest BCUT2D eigenvalue weighted by molar-refractivity contribution is 5.42. The lowest BCUT2D eigenvalue weighted by Gasteiger charge is -2.04. The number of fused-ring (bicyclic) bond motifs is 1. The summed E-state index contributed by atoms with van der Waals surface area (Å²) in [4.78, 5) is 0. The van der Waals surface area contributed by atoms with Crippen LogP contribution >= 0.6 is 0 Å². The summed E-state index contributed by atoms with van der Waals surface area (Å²) in [6.45, 7) is 1.95. The maximum atomic E-state index is 12.7. The molecular weight excluding hydrogens is 159 g/mol. The maximum Gasteiger partial charge on any atom is 0.241 e. The van der Waals surface area contributed by atoms with E-state index in [2.05, 4.69) is 0 Å². The Kier molecular flexibility index (Phi) is 1.64. The van der Waals surface area contributed by atoms with Gasteiger partial charge in [0.15, 0.2) is 11.5 Å². The molecule has 1 aromatic carbocycles. The molecule has 2 rings (SSSR count). The van der Waals surface area contributed by atoms with Gasteiger partial charge in [-0.3, -0.25) is 0 Å². The number of benzene rings is 1. The van der Waals surface area contributed by atoms with Crippen molar-refractivity contribution < 1.29 is 13.9 Å². The van der Waals surface area contributed by atoms with Gasteiger partial charge >= 0.3 is 0 Å². The summed E-state index contributed by atoms with van der Waals surface area (Å²) < 4.78 is 23.3. The van der Waals surface area contributed by atoms with E-state index in [1.165, 1.54) is 12.1 Å². The average molecular weight is 168 g/mol. The van der Waals surface area contributed by atoms with Crippen LogP contribution in [0.15, 0.2) is 18.2 Å². The summed E-state index contributed by atoms with van der Waals surface area (Å²) >= 11 is 0. The largest absolute Gasteiger partial charge is 0.451 e.